The van der Waals surface area contributed by atoms with Crippen LogP contribution in [-0.2, 0) is 10.0 Å². The highest BCUT2D eigenvalue weighted by Gasteiger charge is 2.19. The van der Waals surface area contributed by atoms with Gasteiger partial charge in [0.05, 0.1) is 10.6 Å². The van der Waals surface area contributed by atoms with E-state index in [1.54, 1.807) is 25.1 Å². The lowest BCUT2D eigenvalue weighted by molar-refractivity contribution is 0.0953. The van der Waals surface area contributed by atoms with Gasteiger partial charge in [0.15, 0.2) is 0 Å². The molecule has 2 rings (SSSR count). The molecule has 0 aliphatic carbocycles. The number of hydrogen-bond acceptors (Lipinski definition) is 3. The smallest absolute Gasteiger partial charge is 0.261 e. The molecule has 0 heterocycles. The van der Waals surface area contributed by atoms with Gasteiger partial charge in [0.2, 0.25) is 0 Å². The normalized spacial score (nSPS) is 11.2. The Bertz CT molecular complexity index is 890. The molecule has 0 saturated carbocycles. The third-order valence-electron chi connectivity index (χ3n) is 4.15. The zero-order valence-electron chi connectivity index (χ0n) is 15.0. The van der Waals surface area contributed by atoms with E-state index >= 15 is 0 Å². The molecular weight excluding hydrogens is 336 g/mol. The highest BCUT2D eigenvalue weighted by atomic mass is 32.2. The Morgan fingerprint density at radius 1 is 1.04 bits per heavy atom. The Morgan fingerprint density at radius 3 is 2.44 bits per heavy atom. The van der Waals surface area contributed by atoms with Crippen molar-refractivity contribution in [2.75, 3.05) is 11.3 Å². The van der Waals surface area contributed by atoms with Crippen LogP contribution >= 0.6 is 0 Å². The van der Waals surface area contributed by atoms with Crippen molar-refractivity contribution in [3.63, 3.8) is 0 Å². The Kier molecular flexibility index (Phi) is 5.85. The third-order valence-corrected chi connectivity index (χ3v) is 5.51. The molecule has 5 nitrogen and oxygen atoms in total. The summed E-state index contributed by atoms with van der Waals surface area (Å²) >= 11 is 0. The number of benzene rings is 2. The fourth-order valence-electron chi connectivity index (χ4n) is 2.41. The van der Waals surface area contributed by atoms with Crippen LogP contribution in [0.25, 0.3) is 0 Å². The molecule has 134 valence electrons. The highest BCUT2D eigenvalue weighted by Crippen LogP contribution is 2.23. The number of carbonyl (C=O) groups excluding carboxylic acids is 1. The maximum atomic E-state index is 12.7. The Labute approximate surface area is 149 Å². The van der Waals surface area contributed by atoms with Crippen molar-refractivity contribution in [3.05, 3.63) is 58.7 Å². The Hall–Kier alpha value is -2.34. The molecular formula is C19H24N2O3S. The number of nitrogens with one attached hydrogen (secondary N) is 2. The Balaban J connectivity index is 2.36. The van der Waals surface area contributed by atoms with Crippen LogP contribution in [0, 0.1) is 20.8 Å². The summed E-state index contributed by atoms with van der Waals surface area (Å²) in [5.41, 5.74) is 3.52. The van der Waals surface area contributed by atoms with E-state index in [1.807, 2.05) is 26.8 Å². The van der Waals surface area contributed by atoms with E-state index in [0.29, 0.717) is 17.8 Å². The molecule has 0 aromatic heterocycles. The van der Waals surface area contributed by atoms with E-state index in [-0.39, 0.29) is 10.8 Å². The van der Waals surface area contributed by atoms with Gasteiger partial charge >= 0.3 is 0 Å². The molecule has 0 spiro atoms. The number of carbonyl (C=O) groups is 1. The van der Waals surface area contributed by atoms with E-state index < -0.39 is 10.0 Å². The third kappa shape index (κ3) is 4.39. The number of sulfonamides is 1. The van der Waals surface area contributed by atoms with Gasteiger partial charge in [0, 0.05) is 12.1 Å². The number of amides is 1. The summed E-state index contributed by atoms with van der Waals surface area (Å²) in [5, 5.41) is 2.78. The number of aryl methyl sites for hydroxylation is 2. The van der Waals surface area contributed by atoms with Crippen molar-refractivity contribution in [1.82, 2.24) is 5.32 Å². The average molecular weight is 360 g/mol. The first kappa shape index (κ1) is 19.0. The fraction of sp³-hybridized carbons (Fsp3) is 0.316. The van der Waals surface area contributed by atoms with E-state index in [1.165, 1.54) is 12.1 Å². The van der Waals surface area contributed by atoms with Gasteiger partial charge < -0.3 is 5.32 Å². The molecule has 0 atom stereocenters. The molecule has 0 aliphatic heterocycles. The van der Waals surface area contributed by atoms with Gasteiger partial charge in [-0.1, -0.05) is 25.1 Å². The monoisotopic (exact) mass is 360 g/mol. The van der Waals surface area contributed by atoms with Crippen molar-refractivity contribution in [1.29, 1.82) is 0 Å². The van der Waals surface area contributed by atoms with E-state index in [4.69, 9.17) is 0 Å². The molecule has 6 heteroatoms. The number of rotatable bonds is 6. The van der Waals surface area contributed by atoms with Crippen LogP contribution in [0.3, 0.4) is 0 Å². The molecule has 2 aromatic rings. The topological polar surface area (TPSA) is 75.3 Å². The minimum atomic E-state index is -3.78. The molecule has 2 N–H and O–H groups in total. The van der Waals surface area contributed by atoms with Crippen molar-refractivity contribution >= 4 is 21.6 Å². The average Bonchev–Trinajstić information content (AvgIpc) is 2.57. The second kappa shape index (κ2) is 7.70. The summed E-state index contributed by atoms with van der Waals surface area (Å²) in [4.78, 5) is 12.3. The first-order valence-electron chi connectivity index (χ1n) is 8.24. The minimum absolute atomic E-state index is 0.0701. The number of hydrogen-bond donors (Lipinski definition) is 2. The largest absolute Gasteiger partial charge is 0.352 e. The Morgan fingerprint density at radius 2 is 1.76 bits per heavy atom. The van der Waals surface area contributed by atoms with Gasteiger partial charge in [0.25, 0.3) is 15.9 Å². The quantitative estimate of drug-likeness (QED) is 0.827. The molecule has 0 radical (unpaired) electrons. The molecule has 0 saturated heterocycles. The lowest BCUT2D eigenvalue weighted by Crippen LogP contribution is -2.25. The summed E-state index contributed by atoms with van der Waals surface area (Å²) in [6.45, 7) is 8.09. The van der Waals surface area contributed by atoms with Crippen LogP contribution in [0.4, 0.5) is 5.69 Å². The summed E-state index contributed by atoms with van der Waals surface area (Å²) in [7, 11) is -3.78. The second-order valence-corrected chi connectivity index (χ2v) is 7.77. The molecule has 2 aromatic carbocycles. The number of anilines is 1. The lowest BCUT2D eigenvalue weighted by Gasteiger charge is -2.14. The molecule has 0 aliphatic rings. The van der Waals surface area contributed by atoms with Crippen LogP contribution in [0.2, 0.25) is 0 Å². The molecule has 0 unspecified atom stereocenters. The van der Waals surface area contributed by atoms with Crippen molar-refractivity contribution in [2.24, 2.45) is 0 Å². The maximum Gasteiger partial charge on any atom is 0.261 e. The zero-order chi connectivity index (χ0) is 18.6. The van der Waals surface area contributed by atoms with Crippen molar-refractivity contribution in [3.8, 4) is 0 Å². The summed E-state index contributed by atoms with van der Waals surface area (Å²) in [6.07, 6.45) is 0.816. The predicted molar refractivity (Wildman–Crippen MR) is 101 cm³/mol. The lowest BCUT2D eigenvalue weighted by atomic mass is 10.1. The van der Waals surface area contributed by atoms with Crippen LogP contribution in [0.1, 0.15) is 40.4 Å². The predicted octanol–water partition coefficient (Wildman–Crippen LogP) is 3.55. The van der Waals surface area contributed by atoms with E-state index in [9.17, 15) is 13.2 Å². The molecule has 1 amide bonds. The van der Waals surface area contributed by atoms with Crippen LogP contribution in [-0.4, -0.2) is 20.9 Å². The first-order chi connectivity index (χ1) is 11.8. The van der Waals surface area contributed by atoms with Crippen molar-refractivity contribution < 1.29 is 13.2 Å². The van der Waals surface area contributed by atoms with Gasteiger partial charge in [-0.25, -0.2) is 8.42 Å². The SMILES string of the molecule is CCCNC(=O)c1cc(S(=O)(=O)Nc2cccc(C)c2C)ccc1C. The van der Waals surface area contributed by atoms with E-state index in [2.05, 4.69) is 10.0 Å². The van der Waals surface area contributed by atoms with Crippen molar-refractivity contribution in [2.45, 2.75) is 39.0 Å². The standard InChI is InChI=1S/C19H24N2O3S/c1-5-11-20-19(22)17-12-16(10-9-14(17)3)25(23,24)21-18-8-6-7-13(2)15(18)4/h6-10,12,21H,5,11H2,1-4H3,(H,20,22). The highest BCUT2D eigenvalue weighted by molar-refractivity contribution is 7.92. The minimum Gasteiger partial charge on any atom is -0.352 e. The molecule has 0 fully saturated rings. The maximum absolute atomic E-state index is 12.7. The van der Waals surface area contributed by atoms with Gasteiger partial charge in [-0.05, 0) is 62.1 Å². The van der Waals surface area contributed by atoms with Crippen LogP contribution in [0.15, 0.2) is 41.3 Å². The summed E-state index contributed by atoms with van der Waals surface area (Å²) in [6, 6.07) is 10.0. The van der Waals surface area contributed by atoms with Crippen LogP contribution in [0.5, 0.6) is 0 Å². The molecule has 0 bridgehead atoms. The second-order valence-electron chi connectivity index (χ2n) is 6.09. The van der Waals surface area contributed by atoms with Gasteiger partial charge in [-0.3, -0.25) is 9.52 Å². The van der Waals surface area contributed by atoms with Gasteiger partial charge in [-0.15, -0.1) is 0 Å². The van der Waals surface area contributed by atoms with Crippen LogP contribution < -0.4 is 10.0 Å². The summed E-state index contributed by atoms with van der Waals surface area (Å²) < 4.78 is 28.1. The zero-order valence-corrected chi connectivity index (χ0v) is 15.8. The van der Waals surface area contributed by atoms with Gasteiger partial charge in [0.1, 0.15) is 0 Å². The summed E-state index contributed by atoms with van der Waals surface area (Å²) in [5.74, 6) is -0.261. The molecule has 25 heavy (non-hydrogen) atoms. The fourth-order valence-corrected chi connectivity index (χ4v) is 3.56. The first-order valence-corrected chi connectivity index (χ1v) is 9.72. The van der Waals surface area contributed by atoms with Gasteiger partial charge in [-0.2, -0.15) is 0 Å². The van der Waals surface area contributed by atoms with E-state index in [0.717, 1.165) is 23.1 Å².